The SMILES string of the molecule is C=C1C(=O)[C@@]23[C@@H]4OC(C)(C)O[C@@]25OC[C@]2(C(=O)CCC(C)(C)[C@H]2[C@@H]5O)[C@@H]3CC[C@@H]14. The summed E-state index contributed by atoms with van der Waals surface area (Å²) in [4.78, 5) is 27.5. The van der Waals surface area contributed by atoms with E-state index in [1.165, 1.54) is 0 Å². The van der Waals surface area contributed by atoms with Crippen LogP contribution in [0, 0.1) is 34.0 Å². The van der Waals surface area contributed by atoms with Crippen LogP contribution in [0.5, 0.6) is 0 Å². The van der Waals surface area contributed by atoms with Gasteiger partial charge in [-0.3, -0.25) is 9.59 Å². The van der Waals surface area contributed by atoms with Crippen LogP contribution in [0.3, 0.4) is 0 Å². The lowest BCUT2D eigenvalue weighted by Gasteiger charge is -2.76. The van der Waals surface area contributed by atoms with E-state index in [4.69, 9.17) is 14.2 Å². The number of ketones is 2. The minimum absolute atomic E-state index is 0.115. The number of rotatable bonds is 0. The van der Waals surface area contributed by atoms with Crippen LogP contribution in [0.15, 0.2) is 12.2 Å². The summed E-state index contributed by atoms with van der Waals surface area (Å²) in [7, 11) is 0. The highest BCUT2D eigenvalue weighted by Crippen LogP contribution is 2.78. The first-order valence-corrected chi connectivity index (χ1v) is 10.9. The van der Waals surface area contributed by atoms with Gasteiger partial charge in [0.1, 0.15) is 17.3 Å². The zero-order valence-electron chi connectivity index (χ0n) is 17.6. The number of aliphatic hydroxyl groups excluding tert-OH is 1. The lowest BCUT2D eigenvalue weighted by molar-refractivity contribution is -0.523. The van der Waals surface area contributed by atoms with Crippen LogP contribution >= 0.6 is 0 Å². The van der Waals surface area contributed by atoms with Crippen molar-refractivity contribution in [1.82, 2.24) is 0 Å². The zero-order chi connectivity index (χ0) is 20.8. The van der Waals surface area contributed by atoms with Crippen molar-refractivity contribution in [2.75, 3.05) is 6.61 Å². The summed E-state index contributed by atoms with van der Waals surface area (Å²) in [5, 5.41) is 11.9. The number of carbonyl (C=O) groups excluding carboxylic acids is 2. The molecule has 3 aliphatic heterocycles. The summed E-state index contributed by atoms with van der Waals surface area (Å²) in [6.07, 6.45) is 1.12. The van der Waals surface area contributed by atoms with Gasteiger partial charge in [-0.15, -0.1) is 0 Å². The maximum atomic E-state index is 13.9. The van der Waals surface area contributed by atoms with Crippen LogP contribution in [0.2, 0.25) is 0 Å². The van der Waals surface area contributed by atoms with Gasteiger partial charge in [0, 0.05) is 18.3 Å². The standard InChI is InChI=1S/C23H30O6/c1-11-12-6-7-13-21-10-27-23(17(26)15(21)19(2,3)9-8-14(21)24)22(13,16(11)25)18(12)28-20(4,5)29-23/h12-13,15,17-18,26H,1,6-10H2,2-5H3/t12-,13-,15+,17-,18+,21+,22-,23+/m0/s1. The molecule has 0 amide bonds. The Morgan fingerprint density at radius 2 is 1.86 bits per heavy atom. The molecule has 3 heterocycles. The number of aliphatic hydroxyl groups is 1. The Morgan fingerprint density at radius 1 is 1.14 bits per heavy atom. The lowest BCUT2D eigenvalue weighted by atomic mass is 9.35. The van der Waals surface area contributed by atoms with Gasteiger partial charge >= 0.3 is 0 Å². The number of Topliss-reactive ketones (excluding diaryl/α,β-unsaturated/α-hetero) is 2. The molecule has 4 aliphatic carbocycles. The maximum Gasteiger partial charge on any atom is 0.213 e. The van der Waals surface area contributed by atoms with Crippen molar-refractivity contribution in [2.45, 2.75) is 77.2 Å². The molecule has 29 heavy (non-hydrogen) atoms. The minimum atomic E-state index is -1.50. The summed E-state index contributed by atoms with van der Waals surface area (Å²) in [6, 6.07) is 0. The minimum Gasteiger partial charge on any atom is -0.387 e. The first-order chi connectivity index (χ1) is 13.5. The Bertz CT molecular complexity index is 875. The normalized spacial score (nSPS) is 56.2. The first-order valence-electron chi connectivity index (χ1n) is 10.9. The average Bonchev–Trinajstić information content (AvgIpc) is 2.75. The van der Waals surface area contributed by atoms with Crippen molar-refractivity contribution in [3.8, 4) is 0 Å². The van der Waals surface area contributed by atoms with Crippen molar-refractivity contribution in [3.63, 3.8) is 0 Å². The molecule has 0 aromatic rings. The van der Waals surface area contributed by atoms with Gasteiger partial charge in [0.25, 0.3) is 0 Å². The molecular formula is C23H30O6. The van der Waals surface area contributed by atoms with Crippen LogP contribution in [-0.2, 0) is 23.8 Å². The Labute approximate surface area is 171 Å². The van der Waals surface area contributed by atoms with Gasteiger partial charge in [-0.05, 0) is 50.0 Å². The number of fused-ring (bicyclic) bond motifs is 1. The molecule has 3 spiro atoms. The molecule has 1 N–H and O–H groups in total. The summed E-state index contributed by atoms with van der Waals surface area (Å²) in [6.45, 7) is 12.2. The fourth-order valence-electron chi connectivity index (χ4n) is 8.61. The molecule has 4 saturated carbocycles. The molecule has 4 bridgehead atoms. The molecule has 7 aliphatic rings. The van der Waals surface area contributed by atoms with E-state index in [9.17, 15) is 14.7 Å². The van der Waals surface area contributed by atoms with Crippen LogP contribution in [0.25, 0.3) is 0 Å². The van der Waals surface area contributed by atoms with Crippen LogP contribution in [-0.4, -0.2) is 47.1 Å². The zero-order valence-corrected chi connectivity index (χ0v) is 17.6. The molecule has 3 saturated heterocycles. The number of carbonyl (C=O) groups is 2. The second-order valence-corrected chi connectivity index (χ2v) is 11.3. The number of ether oxygens (including phenoxy) is 3. The predicted molar refractivity (Wildman–Crippen MR) is 101 cm³/mol. The molecule has 0 aromatic carbocycles. The Hall–Kier alpha value is -1.08. The lowest BCUT2D eigenvalue weighted by Crippen LogP contribution is -2.88. The van der Waals surface area contributed by atoms with E-state index in [0.29, 0.717) is 12.0 Å². The van der Waals surface area contributed by atoms with Gasteiger partial charge in [-0.25, -0.2) is 0 Å². The van der Waals surface area contributed by atoms with Gasteiger partial charge in [0.05, 0.1) is 18.1 Å². The molecular weight excluding hydrogens is 372 g/mol. The highest BCUT2D eigenvalue weighted by Gasteiger charge is 2.90. The van der Waals surface area contributed by atoms with Crippen molar-refractivity contribution < 1.29 is 28.9 Å². The molecule has 7 rings (SSSR count). The Morgan fingerprint density at radius 3 is 2.59 bits per heavy atom. The van der Waals surface area contributed by atoms with E-state index in [0.717, 1.165) is 19.3 Å². The fourth-order valence-corrected chi connectivity index (χ4v) is 8.61. The van der Waals surface area contributed by atoms with Gasteiger partial charge in [-0.1, -0.05) is 20.4 Å². The van der Waals surface area contributed by atoms with Gasteiger partial charge in [-0.2, -0.15) is 0 Å². The largest absolute Gasteiger partial charge is 0.387 e. The van der Waals surface area contributed by atoms with Crippen molar-refractivity contribution >= 4 is 11.6 Å². The van der Waals surface area contributed by atoms with Crippen LogP contribution in [0.4, 0.5) is 0 Å². The number of hydrogen-bond donors (Lipinski definition) is 1. The van der Waals surface area contributed by atoms with E-state index < -0.39 is 34.6 Å². The van der Waals surface area contributed by atoms with E-state index >= 15 is 0 Å². The first kappa shape index (κ1) is 18.7. The molecule has 6 nitrogen and oxygen atoms in total. The molecule has 0 aromatic heterocycles. The highest BCUT2D eigenvalue weighted by molar-refractivity contribution is 6.06. The van der Waals surface area contributed by atoms with Crippen molar-refractivity contribution in [2.24, 2.45) is 34.0 Å². The van der Waals surface area contributed by atoms with E-state index in [1.54, 1.807) is 0 Å². The quantitative estimate of drug-likeness (QED) is 0.627. The van der Waals surface area contributed by atoms with Crippen molar-refractivity contribution in [3.05, 3.63) is 12.2 Å². The average molecular weight is 402 g/mol. The molecule has 0 unspecified atom stereocenters. The Balaban J connectivity index is 1.69. The summed E-state index contributed by atoms with van der Waals surface area (Å²) in [5.74, 6) is -3.20. The molecule has 7 fully saturated rings. The van der Waals surface area contributed by atoms with E-state index in [2.05, 4.69) is 20.4 Å². The summed E-state index contributed by atoms with van der Waals surface area (Å²) >= 11 is 0. The summed E-state index contributed by atoms with van der Waals surface area (Å²) in [5.41, 5.74) is -1.79. The maximum absolute atomic E-state index is 13.9. The van der Waals surface area contributed by atoms with Crippen molar-refractivity contribution in [1.29, 1.82) is 0 Å². The third-order valence-corrected chi connectivity index (χ3v) is 9.39. The van der Waals surface area contributed by atoms with Crippen LogP contribution < -0.4 is 0 Å². The smallest absolute Gasteiger partial charge is 0.213 e. The number of hydrogen-bond acceptors (Lipinski definition) is 6. The third-order valence-electron chi connectivity index (χ3n) is 9.39. The predicted octanol–water partition coefficient (Wildman–Crippen LogP) is 2.38. The van der Waals surface area contributed by atoms with E-state index in [1.807, 2.05) is 13.8 Å². The fraction of sp³-hybridized carbons (Fsp3) is 0.826. The highest BCUT2D eigenvalue weighted by atomic mass is 16.8. The second-order valence-electron chi connectivity index (χ2n) is 11.3. The Kier molecular flexibility index (Phi) is 3.14. The van der Waals surface area contributed by atoms with Gasteiger partial charge < -0.3 is 19.3 Å². The second kappa shape index (κ2) is 4.87. The third kappa shape index (κ3) is 1.64. The molecule has 0 radical (unpaired) electrons. The van der Waals surface area contributed by atoms with Gasteiger partial charge in [0.15, 0.2) is 11.6 Å². The molecule has 158 valence electrons. The topological polar surface area (TPSA) is 82.1 Å². The van der Waals surface area contributed by atoms with E-state index in [-0.39, 0.29) is 41.3 Å². The van der Waals surface area contributed by atoms with Crippen LogP contribution in [0.1, 0.15) is 53.4 Å². The molecule has 8 atom stereocenters. The molecule has 6 heteroatoms. The van der Waals surface area contributed by atoms with Gasteiger partial charge in [0.2, 0.25) is 5.79 Å². The summed E-state index contributed by atoms with van der Waals surface area (Å²) < 4.78 is 19.2. The monoisotopic (exact) mass is 402 g/mol.